The van der Waals surface area contributed by atoms with Gasteiger partial charge in [0, 0.05) is 0 Å². The number of ether oxygens (including phenoxy) is 1. The average molecular weight is 124 g/mol. The van der Waals surface area contributed by atoms with Crippen molar-refractivity contribution in [1.29, 1.82) is 0 Å². The lowest BCUT2D eigenvalue weighted by Crippen LogP contribution is -1.89. The molecule has 2 nitrogen and oxygen atoms in total. The molecule has 0 unspecified atom stereocenters. The van der Waals surface area contributed by atoms with Crippen LogP contribution in [0.5, 0.6) is 0 Å². The molecule has 1 N–H and O–H groups in total. The van der Waals surface area contributed by atoms with Crippen molar-refractivity contribution in [3.63, 3.8) is 0 Å². The van der Waals surface area contributed by atoms with E-state index in [0.29, 0.717) is 5.76 Å². The molecule has 0 saturated heterocycles. The van der Waals surface area contributed by atoms with Crippen molar-refractivity contribution in [3.05, 3.63) is 36.3 Å². The Morgan fingerprint density at radius 1 is 1.33 bits per heavy atom. The molecule has 0 radical (unpaired) electrons. The summed E-state index contributed by atoms with van der Waals surface area (Å²) in [7, 11) is 0. The third-order valence-electron chi connectivity index (χ3n) is 0.958. The average Bonchev–Trinajstić information content (AvgIpc) is 2.13. The molecule has 0 atom stereocenters. The van der Waals surface area contributed by atoms with E-state index in [1.165, 1.54) is 6.26 Å². The van der Waals surface area contributed by atoms with E-state index in [9.17, 15) is 0 Å². The SMILES string of the molecule is OCC1=CC=CC=CO1. The van der Waals surface area contributed by atoms with Crippen LogP contribution in [0.2, 0.25) is 0 Å². The van der Waals surface area contributed by atoms with Gasteiger partial charge in [-0.2, -0.15) is 0 Å². The van der Waals surface area contributed by atoms with E-state index in [0.717, 1.165) is 0 Å². The molecular formula is C7H8O2. The number of aliphatic hydroxyl groups is 1. The maximum atomic E-state index is 8.55. The van der Waals surface area contributed by atoms with E-state index in [2.05, 4.69) is 0 Å². The Kier molecular flexibility index (Phi) is 2.10. The predicted molar refractivity (Wildman–Crippen MR) is 34.5 cm³/mol. The molecule has 0 spiro atoms. The molecular weight excluding hydrogens is 116 g/mol. The van der Waals surface area contributed by atoms with Crippen LogP contribution < -0.4 is 0 Å². The van der Waals surface area contributed by atoms with Gasteiger partial charge in [-0.15, -0.1) is 0 Å². The first kappa shape index (κ1) is 6.11. The van der Waals surface area contributed by atoms with E-state index >= 15 is 0 Å². The van der Waals surface area contributed by atoms with Gasteiger partial charge in [-0.3, -0.25) is 0 Å². The molecule has 0 fully saturated rings. The summed E-state index contributed by atoms with van der Waals surface area (Å²) in [6, 6.07) is 0. The molecule has 0 aromatic rings. The maximum Gasteiger partial charge on any atom is 0.129 e. The Morgan fingerprint density at radius 2 is 2.22 bits per heavy atom. The Balaban J connectivity index is 2.62. The number of rotatable bonds is 1. The van der Waals surface area contributed by atoms with E-state index in [4.69, 9.17) is 9.84 Å². The lowest BCUT2D eigenvalue weighted by atomic mass is 10.4. The van der Waals surface area contributed by atoms with E-state index < -0.39 is 0 Å². The highest BCUT2D eigenvalue weighted by atomic mass is 16.5. The highest BCUT2D eigenvalue weighted by molar-refractivity contribution is 5.16. The molecule has 0 bridgehead atoms. The van der Waals surface area contributed by atoms with Gasteiger partial charge >= 0.3 is 0 Å². The van der Waals surface area contributed by atoms with Crippen molar-refractivity contribution in [2.75, 3.05) is 6.61 Å². The van der Waals surface area contributed by atoms with Gasteiger partial charge in [-0.25, -0.2) is 0 Å². The Labute approximate surface area is 53.8 Å². The summed E-state index contributed by atoms with van der Waals surface area (Å²) in [5.74, 6) is 0.569. The van der Waals surface area contributed by atoms with Crippen LogP contribution in [0.4, 0.5) is 0 Å². The van der Waals surface area contributed by atoms with Gasteiger partial charge in [0.15, 0.2) is 0 Å². The lowest BCUT2D eigenvalue weighted by Gasteiger charge is -1.97. The second-order valence-electron chi connectivity index (χ2n) is 1.62. The largest absolute Gasteiger partial charge is 0.467 e. The van der Waals surface area contributed by atoms with Crippen LogP contribution in [0.1, 0.15) is 0 Å². The summed E-state index contributed by atoms with van der Waals surface area (Å²) in [6.45, 7) is -0.0469. The van der Waals surface area contributed by atoms with Crippen LogP contribution in [0.3, 0.4) is 0 Å². The van der Waals surface area contributed by atoms with Gasteiger partial charge in [-0.1, -0.05) is 12.2 Å². The molecule has 48 valence electrons. The van der Waals surface area contributed by atoms with Crippen molar-refractivity contribution < 1.29 is 9.84 Å². The van der Waals surface area contributed by atoms with Crippen LogP contribution in [-0.2, 0) is 4.74 Å². The topological polar surface area (TPSA) is 29.5 Å². The third kappa shape index (κ3) is 1.74. The van der Waals surface area contributed by atoms with Crippen LogP contribution in [0.15, 0.2) is 36.3 Å². The molecule has 9 heavy (non-hydrogen) atoms. The Bertz CT molecular complexity index is 166. The number of allylic oxidation sites excluding steroid dienone is 4. The van der Waals surface area contributed by atoms with E-state index in [1.54, 1.807) is 12.2 Å². The molecule has 0 aliphatic carbocycles. The van der Waals surface area contributed by atoms with Crippen molar-refractivity contribution >= 4 is 0 Å². The monoisotopic (exact) mass is 124 g/mol. The van der Waals surface area contributed by atoms with Gasteiger partial charge in [0.1, 0.15) is 12.4 Å². The molecule has 0 aromatic carbocycles. The van der Waals surface area contributed by atoms with Crippen LogP contribution >= 0.6 is 0 Å². The van der Waals surface area contributed by atoms with Gasteiger partial charge in [0.05, 0.1) is 6.26 Å². The lowest BCUT2D eigenvalue weighted by molar-refractivity contribution is 0.235. The minimum absolute atomic E-state index is 0.0469. The fraction of sp³-hybridized carbons (Fsp3) is 0.143. The summed E-state index contributed by atoms with van der Waals surface area (Å²) in [4.78, 5) is 0. The zero-order valence-electron chi connectivity index (χ0n) is 4.95. The summed E-state index contributed by atoms with van der Waals surface area (Å²) < 4.78 is 4.92. The zero-order chi connectivity index (χ0) is 6.53. The summed E-state index contributed by atoms with van der Waals surface area (Å²) in [5, 5.41) is 8.55. The normalized spacial score (nSPS) is 16.3. The number of hydrogen-bond acceptors (Lipinski definition) is 2. The van der Waals surface area contributed by atoms with Crippen LogP contribution in [0.25, 0.3) is 0 Å². The summed E-state index contributed by atoms with van der Waals surface area (Å²) in [6.07, 6.45) is 8.67. The minimum atomic E-state index is -0.0469. The maximum absolute atomic E-state index is 8.55. The molecule has 0 amide bonds. The Morgan fingerprint density at radius 3 is 3.00 bits per heavy atom. The molecule has 1 rings (SSSR count). The standard InChI is InChI=1S/C7H8O2/c8-6-7-4-2-1-3-5-9-7/h1-5,8H,6H2. The van der Waals surface area contributed by atoms with Crippen LogP contribution in [0, 0.1) is 0 Å². The van der Waals surface area contributed by atoms with Gasteiger partial charge in [0.2, 0.25) is 0 Å². The van der Waals surface area contributed by atoms with Crippen molar-refractivity contribution in [2.45, 2.75) is 0 Å². The van der Waals surface area contributed by atoms with Gasteiger partial charge in [0.25, 0.3) is 0 Å². The van der Waals surface area contributed by atoms with Gasteiger partial charge in [-0.05, 0) is 12.2 Å². The minimum Gasteiger partial charge on any atom is -0.467 e. The highest BCUT2D eigenvalue weighted by Gasteiger charge is 1.91. The first-order chi connectivity index (χ1) is 4.43. The van der Waals surface area contributed by atoms with Crippen molar-refractivity contribution in [1.82, 2.24) is 0 Å². The zero-order valence-corrected chi connectivity index (χ0v) is 4.95. The van der Waals surface area contributed by atoms with Crippen molar-refractivity contribution in [2.24, 2.45) is 0 Å². The first-order valence-electron chi connectivity index (χ1n) is 2.73. The second kappa shape index (κ2) is 3.10. The van der Waals surface area contributed by atoms with E-state index in [-0.39, 0.29) is 6.61 Å². The van der Waals surface area contributed by atoms with Gasteiger partial charge < -0.3 is 9.84 Å². The summed E-state index contributed by atoms with van der Waals surface area (Å²) in [5.41, 5.74) is 0. The fourth-order valence-electron chi connectivity index (χ4n) is 0.528. The second-order valence-corrected chi connectivity index (χ2v) is 1.62. The molecule has 0 saturated carbocycles. The first-order valence-corrected chi connectivity index (χ1v) is 2.73. The Hall–Kier alpha value is -1.02. The molecule has 1 aliphatic heterocycles. The highest BCUT2D eigenvalue weighted by Crippen LogP contribution is 2.00. The molecule has 2 heteroatoms. The van der Waals surface area contributed by atoms with Crippen LogP contribution in [-0.4, -0.2) is 11.7 Å². The molecule has 1 heterocycles. The number of aliphatic hydroxyl groups excluding tert-OH is 1. The molecule has 0 aromatic heterocycles. The van der Waals surface area contributed by atoms with Crippen molar-refractivity contribution in [3.8, 4) is 0 Å². The molecule has 1 aliphatic rings. The smallest absolute Gasteiger partial charge is 0.129 e. The summed E-state index contributed by atoms with van der Waals surface area (Å²) >= 11 is 0. The predicted octanol–water partition coefficient (Wildman–Crippen LogP) is 0.963. The quantitative estimate of drug-likeness (QED) is 0.564. The third-order valence-corrected chi connectivity index (χ3v) is 0.958. The fourth-order valence-corrected chi connectivity index (χ4v) is 0.528. The van der Waals surface area contributed by atoms with E-state index in [1.807, 2.05) is 12.2 Å². The number of hydrogen-bond donors (Lipinski definition) is 1.